The first-order valence-electron chi connectivity index (χ1n) is 16.2. The smallest absolute Gasteiger partial charge is 0.408 e. The third kappa shape index (κ3) is 12.7. The van der Waals surface area contributed by atoms with Crippen molar-refractivity contribution >= 4 is 29.6 Å². The molecule has 1 heterocycles. The van der Waals surface area contributed by atoms with Gasteiger partial charge in [-0.25, -0.2) is 4.79 Å². The molecule has 0 spiro atoms. The van der Waals surface area contributed by atoms with Crippen LogP contribution in [0.3, 0.4) is 0 Å². The number of ketones is 1. The van der Waals surface area contributed by atoms with E-state index >= 15 is 0 Å². The largest absolute Gasteiger partial charge is 0.445 e. The lowest BCUT2D eigenvalue weighted by atomic mass is 9.96. The van der Waals surface area contributed by atoms with Gasteiger partial charge >= 0.3 is 6.09 Å². The van der Waals surface area contributed by atoms with E-state index in [0.29, 0.717) is 25.8 Å². The molecule has 0 aromatic heterocycles. The monoisotopic (exact) mass is 626 g/mol. The molecule has 1 aliphatic carbocycles. The van der Waals surface area contributed by atoms with E-state index in [0.717, 1.165) is 37.7 Å². The molecule has 4 N–H and O–H groups in total. The number of hydrogen-bond acceptors (Lipinski definition) is 7. The molecule has 1 unspecified atom stereocenters. The summed E-state index contributed by atoms with van der Waals surface area (Å²) in [6.45, 7) is 7.63. The van der Waals surface area contributed by atoms with Crippen molar-refractivity contribution in [2.75, 3.05) is 6.54 Å². The number of alkyl carbamates (subject to hydrolysis) is 1. The van der Waals surface area contributed by atoms with Gasteiger partial charge in [-0.1, -0.05) is 69.5 Å². The summed E-state index contributed by atoms with van der Waals surface area (Å²) in [5.41, 5.74) is 0.803. The van der Waals surface area contributed by atoms with Crippen LogP contribution in [-0.2, 0) is 35.3 Å². The molecule has 3 rings (SSSR count). The molecule has 5 atom stereocenters. The van der Waals surface area contributed by atoms with Crippen molar-refractivity contribution in [3.8, 4) is 0 Å². The van der Waals surface area contributed by atoms with Gasteiger partial charge in [-0.3, -0.25) is 19.2 Å². The maximum Gasteiger partial charge on any atom is 0.408 e. The second-order valence-corrected chi connectivity index (χ2v) is 12.6. The number of carbonyl (C=O) groups excluding carboxylic acids is 5. The first-order valence-corrected chi connectivity index (χ1v) is 16.2. The Balaban J connectivity index is 1.74. The molecule has 45 heavy (non-hydrogen) atoms. The molecule has 1 saturated carbocycles. The quantitative estimate of drug-likeness (QED) is 0.204. The average Bonchev–Trinajstić information content (AvgIpc) is 3.41. The van der Waals surface area contributed by atoms with E-state index in [2.05, 4.69) is 21.3 Å². The Hall–Kier alpha value is -3.73. The number of benzene rings is 1. The highest BCUT2D eigenvalue weighted by Gasteiger charge is 2.34. The van der Waals surface area contributed by atoms with Crippen LogP contribution in [0, 0.1) is 11.8 Å². The zero-order valence-corrected chi connectivity index (χ0v) is 27.0. The molecule has 2 aliphatic rings. The van der Waals surface area contributed by atoms with Gasteiger partial charge in [0.25, 0.3) is 0 Å². The Kier molecular flexibility index (Phi) is 14.5. The van der Waals surface area contributed by atoms with Crippen molar-refractivity contribution in [2.24, 2.45) is 11.8 Å². The zero-order valence-electron chi connectivity index (χ0n) is 27.0. The van der Waals surface area contributed by atoms with E-state index in [4.69, 9.17) is 9.47 Å². The van der Waals surface area contributed by atoms with Crippen molar-refractivity contribution in [1.82, 2.24) is 21.3 Å². The Morgan fingerprint density at radius 3 is 2.29 bits per heavy atom. The molecule has 2 fully saturated rings. The normalized spacial score (nSPS) is 19.8. The molecule has 11 nitrogen and oxygen atoms in total. The van der Waals surface area contributed by atoms with Gasteiger partial charge in [0.1, 0.15) is 18.7 Å². The number of rotatable bonds is 16. The van der Waals surface area contributed by atoms with E-state index in [-0.39, 0.29) is 36.2 Å². The summed E-state index contributed by atoms with van der Waals surface area (Å²) in [4.78, 5) is 64.2. The lowest BCUT2D eigenvalue weighted by Gasteiger charge is -2.31. The Morgan fingerprint density at radius 1 is 0.956 bits per heavy atom. The van der Waals surface area contributed by atoms with Crippen LogP contribution in [0.1, 0.15) is 84.6 Å². The summed E-state index contributed by atoms with van der Waals surface area (Å²) in [6.07, 6.45) is 7.75. The first-order chi connectivity index (χ1) is 21.5. The average molecular weight is 627 g/mol. The number of amides is 4. The lowest BCUT2D eigenvalue weighted by molar-refractivity contribution is -0.134. The lowest BCUT2D eigenvalue weighted by Crippen LogP contribution is -2.58. The highest BCUT2D eigenvalue weighted by Crippen LogP contribution is 2.23. The fourth-order valence-corrected chi connectivity index (χ4v) is 5.73. The van der Waals surface area contributed by atoms with E-state index < -0.39 is 42.1 Å². The summed E-state index contributed by atoms with van der Waals surface area (Å²) in [5.74, 6) is -1.53. The van der Waals surface area contributed by atoms with Crippen LogP contribution in [0.2, 0.25) is 0 Å². The Bertz CT molecular complexity index is 1170. The highest BCUT2D eigenvalue weighted by molar-refractivity contribution is 5.92. The molecule has 248 valence electrons. The van der Waals surface area contributed by atoms with Crippen LogP contribution in [0.5, 0.6) is 0 Å². The van der Waals surface area contributed by atoms with Crippen molar-refractivity contribution in [3.63, 3.8) is 0 Å². The minimum absolute atomic E-state index is 0.0254. The standard InChI is InChI=1S/C34H50N4O7/c1-22(2)19-29(32(41)36-27(16-15-23(3)39)20-26-17-18-35-31(26)40)37-33(42)30(24(4)45-28-13-9-6-10-14-28)38-34(43)44-21-25-11-7-5-8-12-25/h5,7-8,11-12,15-16,22,24,26-30H,6,9-10,13-14,17-21H2,1-4H3,(H,35,40)(H,36,41)(H,37,42)(H,38,43)/b16-15+/t24?,26-,27+,29-,30-/m0/s1. The van der Waals surface area contributed by atoms with Gasteiger partial charge in [0.2, 0.25) is 17.7 Å². The Morgan fingerprint density at radius 2 is 1.67 bits per heavy atom. The van der Waals surface area contributed by atoms with Crippen molar-refractivity contribution in [3.05, 3.63) is 48.0 Å². The number of nitrogens with one attached hydrogen (secondary N) is 4. The number of ether oxygens (including phenoxy) is 2. The Labute approximate surface area is 266 Å². The maximum absolute atomic E-state index is 13.8. The molecule has 1 aromatic rings. The second-order valence-electron chi connectivity index (χ2n) is 12.6. The number of hydrogen-bond donors (Lipinski definition) is 4. The van der Waals surface area contributed by atoms with Gasteiger partial charge in [0, 0.05) is 18.5 Å². The predicted octanol–water partition coefficient (Wildman–Crippen LogP) is 3.71. The predicted molar refractivity (Wildman–Crippen MR) is 170 cm³/mol. The fraction of sp³-hybridized carbons (Fsp3) is 0.618. The fourth-order valence-electron chi connectivity index (χ4n) is 5.73. The summed E-state index contributed by atoms with van der Waals surface area (Å²) in [6, 6.07) is 6.58. The summed E-state index contributed by atoms with van der Waals surface area (Å²) < 4.78 is 11.7. The van der Waals surface area contributed by atoms with E-state index in [1.807, 2.05) is 44.2 Å². The van der Waals surface area contributed by atoms with Crippen molar-refractivity contribution in [1.29, 1.82) is 0 Å². The van der Waals surface area contributed by atoms with Gasteiger partial charge in [-0.15, -0.1) is 0 Å². The third-order valence-corrected chi connectivity index (χ3v) is 8.13. The van der Waals surface area contributed by atoms with Crippen molar-refractivity contribution < 1.29 is 33.4 Å². The summed E-state index contributed by atoms with van der Waals surface area (Å²) in [5, 5.41) is 11.2. The van der Waals surface area contributed by atoms with Gasteiger partial charge in [-0.2, -0.15) is 0 Å². The SMILES string of the molecule is CC(=O)/C=C/[C@H](C[C@@H]1CCNC1=O)NC(=O)[C@H](CC(C)C)NC(=O)[C@@H](NC(=O)OCc1ccccc1)C(C)OC1CCCCC1. The van der Waals surface area contributed by atoms with E-state index in [9.17, 15) is 24.0 Å². The molecule has 4 amide bonds. The van der Waals surface area contributed by atoms with Crippen LogP contribution >= 0.6 is 0 Å². The summed E-state index contributed by atoms with van der Waals surface area (Å²) >= 11 is 0. The maximum atomic E-state index is 13.8. The van der Waals surface area contributed by atoms with Gasteiger partial charge < -0.3 is 30.7 Å². The van der Waals surface area contributed by atoms with Crippen LogP contribution < -0.4 is 21.3 Å². The molecule has 1 aromatic carbocycles. The number of carbonyl (C=O) groups is 5. The summed E-state index contributed by atoms with van der Waals surface area (Å²) in [7, 11) is 0. The molecular weight excluding hydrogens is 576 g/mol. The van der Waals surface area contributed by atoms with Crippen molar-refractivity contribution in [2.45, 2.75) is 116 Å². The van der Waals surface area contributed by atoms with Crippen LogP contribution in [-0.4, -0.2) is 66.5 Å². The molecule has 11 heteroatoms. The van der Waals surface area contributed by atoms with E-state index in [1.54, 1.807) is 13.0 Å². The molecule has 0 bridgehead atoms. The van der Waals surface area contributed by atoms with Crippen LogP contribution in [0.15, 0.2) is 42.5 Å². The van der Waals surface area contributed by atoms with Gasteiger partial charge in [0.05, 0.1) is 12.2 Å². The highest BCUT2D eigenvalue weighted by atomic mass is 16.5. The molecule has 1 aliphatic heterocycles. The minimum atomic E-state index is -1.12. The molecule has 1 saturated heterocycles. The topological polar surface area (TPSA) is 152 Å². The van der Waals surface area contributed by atoms with Crippen LogP contribution in [0.4, 0.5) is 4.79 Å². The third-order valence-electron chi connectivity index (χ3n) is 8.13. The van der Waals surface area contributed by atoms with Gasteiger partial charge in [-0.05, 0) is 63.5 Å². The molecule has 0 radical (unpaired) electrons. The minimum Gasteiger partial charge on any atom is -0.445 e. The van der Waals surface area contributed by atoms with Crippen LogP contribution in [0.25, 0.3) is 0 Å². The second kappa shape index (κ2) is 18.3. The molecular formula is C34H50N4O7. The first kappa shape index (κ1) is 35.7. The number of allylic oxidation sites excluding steroid dienone is 1. The van der Waals surface area contributed by atoms with Gasteiger partial charge in [0.15, 0.2) is 5.78 Å². The zero-order chi connectivity index (χ0) is 32.8. The van der Waals surface area contributed by atoms with E-state index in [1.165, 1.54) is 13.0 Å².